The van der Waals surface area contributed by atoms with Gasteiger partial charge in [-0.05, 0) is 52.8 Å². The molecule has 22 heavy (non-hydrogen) atoms. The summed E-state index contributed by atoms with van der Waals surface area (Å²) in [6, 6.07) is 4.70. The number of benzene rings is 1. The number of nitrogens with zero attached hydrogens (tertiary/aromatic N) is 1. The third-order valence-corrected chi connectivity index (χ3v) is 2.90. The number of rotatable bonds is 3. The molecule has 0 saturated carbocycles. The number of carbonyl (C=O) groups excluding carboxylic acids is 2. The van der Waals surface area contributed by atoms with Gasteiger partial charge in [0.05, 0.1) is 16.7 Å². The summed E-state index contributed by atoms with van der Waals surface area (Å²) in [7, 11) is 1.56. The van der Waals surface area contributed by atoms with Crippen LogP contribution in [0.2, 0.25) is 5.02 Å². The molecular formula is C16H22ClNO4. The van der Waals surface area contributed by atoms with E-state index in [1.807, 2.05) is 0 Å². The Hall–Kier alpha value is -1.75. The summed E-state index contributed by atoms with van der Waals surface area (Å²) in [5, 5.41) is 0.270. The summed E-state index contributed by atoms with van der Waals surface area (Å²) >= 11 is 6.03. The minimum Gasteiger partial charge on any atom is -0.459 e. The van der Waals surface area contributed by atoms with Gasteiger partial charge in [0.2, 0.25) is 0 Å². The van der Waals surface area contributed by atoms with E-state index in [0.717, 1.165) is 0 Å². The number of anilines is 1. The van der Waals surface area contributed by atoms with Crippen LogP contribution in [0.5, 0.6) is 0 Å². The van der Waals surface area contributed by atoms with Crippen molar-refractivity contribution in [1.29, 1.82) is 0 Å². The fraction of sp³-hybridized carbons (Fsp3) is 0.500. The zero-order valence-corrected chi connectivity index (χ0v) is 14.5. The molecule has 1 rings (SSSR count). The van der Waals surface area contributed by atoms with Crippen molar-refractivity contribution in [3.63, 3.8) is 0 Å². The first-order chi connectivity index (χ1) is 10.0. The highest BCUT2D eigenvalue weighted by atomic mass is 35.5. The summed E-state index contributed by atoms with van der Waals surface area (Å²) in [6.45, 7) is 8.86. The van der Waals surface area contributed by atoms with Crippen molar-refractivity contribution in [2.24, 2.45) is 0 Å². The monoisotopic (exact) mass is 327 g/mol. The third-order valence-electron chi connectivity index (χ3n) is 2.57. The second-order valence-electron chi connectivity index (χ2n) is 6.16. The van der Waals surface area contributed by atoms with Crippen LogP contribution < -0.4 is 4.90 Å². The predicted octanol–water partition coefficient (Wildman–Crippen LogP) is 4.28. The zero-order valence-electron chi connectivity index (χ0n) is 13.8. The summed E-state index contributed by atoms with van der Waals surface area (Å²) in [5.41, 5.74) is 0.106. The Morgan fingerprint density at radius 2 is 1.82 bits per heavy atom. The lowest BCUT2D eigenvalue weighted by molar-refractivity contribution is 0.0377. The van der Waals surface area contributed by atoms with Crippen LogP contribution in [0, 0.1) is 0 Å². The minimum absolute atomic E-state index is 0.211. The molecule has 0 aliphatic heterocycles. The van der Waals surface area contributed by atoms with Gasteiger partial charge in [0, 0.05) is 12.7 Å². The average molecular weight is 328 g/mol. The Labute approximate surface area is 136 Å². The van der Waals surface area contributed by atoms with Crippen LogP contribution in [-0.4, -0.2) is 30.8 Å². The van der Waals surface area contributed by atoms with E-state index in [1.165, 1.54) is 11.0 Å². The number of esters is 1. The SMILES string of the molecule is CC(C)OC(=O)c1cc(N(C)C(=O)OC(C)(C)C)ccc1Cl. The van der Waals surface area contributed by atoms with Gasteiger partial charge in [0.1, 0.15) is 5.60 Å². The smallest absolute Gasteiger partial charge is 0.414 e. The molecule has 6 heteroatoms. The summed E-state index contributed by atoms with van der Waals surface area (Å²) in [6.07, 6.45) is -0.770. The van der Waals surface area contributed by atoms with Crippen molar-refractivity contribution in [3.8, 4) is 0 Å². The second-order valence-corrected chi connectivity index (χ2v) is 6.56. The molecule has 1 amide bonds. The number of carbonyl (C=O) groups is 2. The summed E-state index contributed by atoms with van der Waals surface area (Å²) in [4.78, 5) is 25.4. The molecule has 0 aliphatic rings. The molecule has 0 saturated heterocycles. The molecule has 1 aromatic rings. The lowest BCUT2D eigenvalue weighted by Gasteiger charge is -2.25. The second kappa shape index (κ2) is 7.01. The first kappa shape index (κ1) is 18.3. The first-order valence-electron chi connectivity index (χ1n) is 6.98. The molecule has 0 aromatic heterocycles. The Morgan fingerprint density at radius 3 is 2.32 bits per heavy atom. The molecule has 0 aliphatic carbocycles. The van der Waals surface area contributed by atoms with Crippen LogP contribution in [0.15, 0.2) is 18.2 Å². The maximum Gasteiger partial charge on any atom is 0.414 e. The molecule has 0 fully saturated rings. The molecule has 1 aromatic carbocycles. The van der Waals surface area contributed by atoms with E-state index in [9.17, 15) is 9.59 Å². The Balaban J connectivity index is 3.02. The maximum absolute atomic E-state index is 12.1. The Kier molecular flexibility index (Phi) is 5.83. The summed E-state index contributed by atoms with van der Waals surface area (Å²) in [5.74, 6) is -0.528. The highest BCUT2D eigenvalue weighted by molar-refractivity contribution is 6.33. The molecule has 0 spiro atoms. The van der Waals surface area contributed by atoms with E-state index >= 15 is 0 Å². The lowest BCUT2D eigenvalue weighted by Crippen LogP contribution is -2.34. The Morgan fingerprint density at radius 1 is 1.23 bits per heavy atom. The van der Waals surface area contributed by atoms with Gasteiger partial charge in [0.25, 0.3) is 0 Å². The third kappa shape index (κ3) is 5.22. The van der Waals surface area contributed by atoms with Gasteiger partial charge in [-0.1, -0.05) is 11.6 Å². The fourth-order valence-corrected chi connectivity index (χ4v) is 1.79. The van der Waals surface area contributed by atoms with Crippen molar-refractivity contribution in [2.45, 2.75) is 46.3 Å². The molecular weight excluding hydrogens is 306 g/mol. The maximum atomic E-state index is 12.1. The first-order valence-corrected chi connectivity index (χ1v) is 7.36. The highest BCUT2D eigenvalue weighted by Crippen LogP contribution is 2.25. The average Bonchev–Trinajstić information content (AvgIpc) is 2.35. The fourth-order valence-electron chi connectivity index (χ4n) is 1.59. The van der Waals surface area contributed by atoms with Gasteiger partial charge >= 0.3 is 12.1 Å². The van der Waals surface area contributed by atoms with Crippen molar-refractivity contribution in [3.05, 3.63) is 28.8 Å². The number of hydrogen-bond acceptors (Lipinski definition) is 4. The molecule has 0 atom stereocenters. The lowest BCUT2D eigenvalue weighted by atomic mass is 10.2. The van der Waals surface area contributed by atoms with Crippen molar-refractivity contribution < 1.29 is 19.1 Å². The van der Waals surface area contributed by atoms with Crippen LogP contribution in [0.3, 0.4) is 0 Å². The molecule has 0 heterocycles. The van der Waals surface area contributed by atoms with E-state index in [4.69, 9.17) is 21.1 Å². The number of hydrogen-bond donors (Lipinski definition) is 0. The molecule has 122 valence electrons. The number of ether oxygens (including phenoxy) is 2. The van der Waals surface area contributed by atoms with Crippen molar-refractivity contribution >= 4 is 29.4 Å². The van der Waals surface area contributed by atoms with Crippen molar-refractivity contribution in [1.82, 2.24) is 0 Å². The molecule has 0 bridgehead atoms. The van der Waals surface area contributed by atoms with E-state index in [0.29, 0.717) is 5.69 Å². The van der Waals surface area contributed by atoms with Crippen LogP contribution in [-0.2, 0) is 9.47 Å². The van der Waals surface area contributed by atoms with Gasteiger partial charge in [-0.3, -0.25) is 4.90 Å². The molecule has 0 radical (unpaired) electrons. The largest absolute Gasteiger partial charge is 0.459 e. The van der Waals surface area contributed by atoms with Gasteiger partial charge in [-0.2, -0.15) is 0 Å². The minimum atomic E-state index is -0.600. The summed E-state index contributed by atoms with van der Waals surface area (Å²) < 4.78 is 10.4. The van der Waals surface area contributed by atoms with E-state index < -0.39 is 17.7 Å². The van der Waals surface area contributed by atoms with Crippen LogP contribution in [0.4, 0.5) is 10.5 Å². The van der Waals surface area contributed by atoms with Crippen molar-refractivity contribution in [2.75, 3.05) is 11.9 Å². The molecule has 0 unspecified atom stereocenters. The van der Waals surface area contributed by atoms with Crippen LogP contribution in [0.25, 0.3) is 0 Å². The Bertz CT molecular complexity index is 564. The highest BCUT2D eigenvalue weighted by Gasteiger charge is 2.22. The standard InChI is InChI=1S/C16H22ClNO4/c1-10(2)21-14(19)12-9-11(7-8-13(12)17)18(6)15(20)22-16(3,4)5/h7-10H,1-6H3. The molecule has 0 N–H and O–H groups in total. The van der Waals surface area contributed by atoms with Gasteiger partial charge in [-0.15, -0.1) is 0 Å². The number of amides is 1. The topological polar surface area (TPSA) is 55.8 Å². The quantitative estimate of drug-likeness (QED) is 0.778. The van der Waals surface area contributed by atoms with Crippen LogP contribution >= 0.6 is 11.6 Å². The van der Waals surface area contributed by atoms with E-state index in [2.05, 4.69) is 0 Å². The van der Waals surface area contributed by atoms with Crippen LogP contribution in [0.1, 0.15) is 45.0 Å². The van der Waals surface area contributed by atoms with Gasteiger partial charge < -0.3 is 9.47 Å². The van der Waals surface area contributed by atoms with Gasteiger partial charge in [0.15, 0.2) is 0 Å². The normalized spacial score (nSPS) is 11.3. The predicted molar refractivity (Wildman–Crippen MR) is 86.6 cm³/mol. The van der Waals surface area contributed by atoms with E-state index in [1.54, 1.807) is 53.8 Å². The number of halogens is 1. The zero-order chi connectivity index (χ0) is 17.1. The molecule has 5 nitrogen and oxygen atoms in total. The van der Waals surface area contributed by atoms with E-state index in [-0.39, 0.29) is 16.7 Å². The van der Waals surface area contributed by atoms with Gasteiger partial charge in [-0.25, -0.2) is 9.59 Å².